The second kappa shape index (κ2) is 10.5. The molecule has 0 aliphatic carbocycles. The number of likely N-dealkylation sites (tertiary alicyclic amines) is 1. The third-order valence-corrected chi connectivity index (χ3v) is 8.07. The van der Waals surface area contributed by atoms with Crippen LogP contribution < -0.4 is 14.2 Å². The first kappa shape index (κ1) is 27.4. The number of rotatable bonds is 7. The van der Waals surface area contributed by atoms with Crippen LogP contribution in [0.3, 0.4) is 0 Å². The summed E-state index contributed by atoms with van der Waals surface area (Å²) in [5.74, 6) is 1.21. The number of halogens is 1. The number of carbonyl (C=O) groups is 1. The number of para-hydroxylation sites is 1. The highest BCUT2D eigenvalue weighted by Crippen LogP contribution is 2.49. The molecular weight excluding hydrogens is 544 g/mol. The summed E-state index contributed by atoms with van der Waals surface area (Å²) < 4.78 is 20.6. The summed E-state index contributed by atoms with van der Waals surface area (Å²) in [4.78, 5) is 23.4. The Morgan fingerprint density at radius 3 is 2.66 bits per heavy atom. The quantitative estimate of drug-likeness (QED) is 0.280. The topological polar surface area (TPSA) is 98.9 Å². The number of piperidine rings is 1. The molecule has 1 atom stereocenters. The summed E-state index contributed by atoms with van der Waals surface area (Å²) in [7, 11) is 1.93. The van der Waals surface area contributed by atoms with Crippen molar-refractivity contribution in [3.63, 3.8) is 0 Å². The largest absolute Gasteiger partial charge is 0.489 e. The number of ether oxygens (including phenoxy) is 3. The number of hydrogen-bond acceptors (Lipinski definition) is 7. The van der Waals surface area contributed by atoms with E-state index in [4.69, 9.17) is 30.8 Å². The number of nitrogens with zero attached hydrogens (tertiary/aromatic N) is 4. The summed E-state index contributed by atoms with van der Waals surface area (Å²) in [6, 6.07) is 12.9. The molecule has 2 aliphatic heterocycles. The summed E-state index contributed by atoms with van der Waals surface area (Å²) in [6.45, 7) is 8.16. The average molecular weight is 577 g/mol. The van der Waals surface area contributed by atoms with Crippen molar-refractivity contribution in [3.05, 3.63) is 76.3 Å². The van der Waals surface area contributed by atoms with Gasteiger partial charge in [-0.25, -0.2) is 9.78 Å². The van der Waals surface area contributed by atoms with Gasteiger partial charge in [-0.05, 0) is 76.0 Å². The predicted molar refractivity (Wildman–Crippen MR) is 155 cm³/mol. The van der Waals surface area contributed by atoms with Crippen molar-refractivity contribution in [1.82, 2.24) is 19.4 Å². The number of pyridine rings is 1. The van der Waals surface area contributed by atoms with Crippen LogP contribution in [0.4, 0.5) is 0 Å². The van der Waals surface area contributed by atoms with Gasteiger partial charge >= 0.3 is 5.97 Å². The fourth-order valence-electron chi connectivity index (χ4n) is 5.73. The molecule has 9 nitrogen and oxygen atoms in total. The van der Waals surface area contributed by atoms with Gasteiger partial charge in [0.25, 0.3) is 5.79 Å². The van der Waals surface area contributed by atoms with Crippen molar-refractivity contribution in [2.45, 2.75) is 58.0 Å². The highest BCUT2D eigenvalue weighted by Gasteiger charge is 2.42. The lowest BCUT2D eigenvalue weighted by atomic mass is 9.88. The third kappa shape index (κ3) is 5.20. The maximum Gasteiger partial charge on any atom is 0.335 e. The van der Waals surface area contributed by atoms with Crippen LogP contribution in [-0.2, 0) is 19.4 Å². The van der Waals surface area contributed by atoms with E-state index in [0.29, 0.717) is 34.4 Å². The minimum absolute atomic E-state index is 0.0964. The van der Waals surface area contributed by atoms with Crippen LogP contribution in [0.5, 0.6) is 17.2 Å². The van der Waals surface area contributed by atoms with E-state index in [1.165, 1.54) is 0 Å². The summed E-state index contributed by atoms with van der Waals surface area (Å²) in [5, 5.41) is 10.2. The summed E-state index contributed by atoms with van der Waals surface area (Å²) >= 11 is 6.03. The van der Waals surface area contributed by atoms with Gasteiger partial charge in [0.1, 0.15) is 22.8 Å². The number of aromatic nitrogens is 3. The number of hydrogen-bond donors (Lipinski definition) is 1. The molecule has 6 rings (SSSR count). The lowest BCUT2D eigenvalue weighted by Gasteiger charge is -2.32. The van der Waals surface area contributed by atoms with Gasteiger partial charge in [-0.2, -0.15) is 0 Å². The molecule has 2 aromatic heterocycles. The standard InChI is InChI=1S/C31H33ClN4O5/c1-18(2)39-25-15-20(30(37)38)14-23-28(25)34-27(35(23)4)17-36-12-10-19(11-13-36)22-6-5-7-24-29(22)41-31(3,40-24)26-9-8-21(32)16-33-26/h5-9,14-16,18-19H,10-13,17H2,1-4H3,(H,37,38)/t31-/m0/s1. The smallest absolute Gasteiger partial charge is 0.335 e. The van der Waals surface area contributed by atoms with Crippen LogP contribution in [0.1, 0.15) is 67.0 Å². The zero-order chi connectivity index (χ0) is 28.9. The van der Waals surface area contributed by atoms with Crippen molar-refractivity contribution in [2.24, 2.45) is 7.05 Å². The molecule has 0 saturated carbocycles. The van der Waals surface area contributed by atoms with Crippen molar-refractivity contribution in [2.75, 3.05) is 13.1 Å². The Morgan fingerprint density at radius 1 is 1.20 bits per heavy atom. The van der Waals surface area contributed by atoms with Gasteiger partial charge in [-0.3, -0.25) is 9.88 Å². The SMILES string of the molecule is CC(C)Oc1cc(C(=O)O)cc2c1nc(CN1CCC(c3cccc4c3O[C@@](C)(c3ccc(Cl)cn3)O4)CC1)n2C. The third-order valence-electron chi connectivity index (χ3n) is 7.85. The Kier molecular flexibility index (Phi) is 7.03. The van der Waals surface area contributed by atoms with Crippen LogP contribution in [0.25, 0.3) is 11.0 Å². The fraction of sp³-hybridized carbons (Fsp3) is 0.387. The first-order chi connectivity index (χ1) is 19.6. The van der Waals surface area contributed by atoms with Gasteiger partial charge in [0, 0.05) is 25.7 Å². The molecule has 4 heterocycles. The van der Waals surface area contributed by atoms with Crippen LogP contribution >= 0.6 is 11.6 Å². The highest BCUT2D eigenvalue weighted by atomic mass is 35.5. The molecule has 1 fully saturated rings. The molecule has 0 amide bonds. The molecule has 214 valence electrons. The van der Waals surface area contributed by atoms with Crippen molar-refractivity contribution < 1.29 is 24.1 Å². The van der Waals surface area contributed by atoms with Crippen LogP contribution in [0.2, 0.25) is 5.02 Å². The Bertz CT molecular complexity index is 1610. The van der Waals surface area contributed by atoms with Crippen molar-refractivity contribution in [3.8, 4) is 17.2 Å². The number of aryl methyl sites for hydroxylation is 1. The molecule has 1 saturated heterocycles. The second-order valence-electron chi connectivity index (χ2n) is 11.1. The molecule has 0 bridgehead atoms. The zero-order valence-electron chi connectivity index (χ0n) is 23.6. The van der Waals surface area contributed by atoms with E-state index >= 15 is 0 Å². The molecular formula is C31H33ClN4O5. The first-order valence-electron chi connectivity index (χ1n) is 13.9. The number of carboxylic acid groups (broad SMARTS) is 1. The van der Waals surface area contributed by atoms with Gasteiger partial charge in [0.05, 0.1) is 28.8 Å². The van der Waals surface area contributed by atoms with E-state index in [2.05, 4.69) is 16.0 Å². The van der Waals surface area contributed by atoms with Crippen LogP contribution in [-0.4, -0.2) is 49.7 Å². The van der Waals surface area contributed by atoms with Crippen LogP contribution in [0.15, 0.2) is 48.7 Å². The molecule has 4 aromatic rings. The van der Waals surface area contributed by atoms with Gasteiger partial charge in [-0.1, -0.05) is 23.7 Å². The van der Waals surface area contributed by atoms with Crippen molar-refractivity contribution >= 4 is 28.6 Å². The Balaban J connectivity index is 1.18. The minimum atomic E-state index is -1.01. The van der Waals surface area contributed by atoms with Crippen LogP contribution in [0, 0.1) is 0 Å². The molecule has 10 heteroatoms. The van der Waals surface area contributed by atoms with E-state index in [-0.39, 0.29) is 11.7 Å². The predicted octanol–water partition coefficient (Wildman–Crippen LogP) is 6.13. The monoisotopic (exact) mass is 576 g/mol. The fourth-order valence-corrected chi connectivity index (χ4v) is 5.85. The maximum absolute atomic E-state index is 11.7. The molecule has 0 spiro atoms. The minimum Gasteiger partial charge on any atom is -0.489 e. The lowest BCUT2D eigenvalue weighted by Crippen LogP contribution is -2.34. The average Bonchev–Trinajstić information content (AvgIpc) is 3.46. The number of benzene rings is 2. The summed E-state index contributed by atoms with van der Waals surface area (Å²) in [5.41, 5.74) is 3.44. The number of carboxylic acids is 1. The molecule has 2 aromatic carbocycles. The van der Waals surface area contributed by atoms with E-state index in [1.807, 2.05) is 50.6 Å². The Hall–Kier alpha value is -3.82. The maximum atomic E-state index is 11.7. The van der Waals surface area contributed by atoms with E-state index in [0.717, 1.165) is 54.3 Å². The number of imidazole rings is 1. The second-order valence-corrected chi connectivity index (χ2v) is 11.6. The van der Waals surface area contributed by atoms with E-state index in [9.17, 15) is 9.90 Å². The normalized spacial score (nSPS) is 19.3. The molecule has 2 aliphatic rings. The first-order valence-corrected chi connectivity index (χ1v) is 14.2. The Morgan fingerprint density at radius 2 is 1.98 bits per heavy atom. The molecule has 0 radical (unpaired) electrons. The van der Waals surface area contributed by atoms with Gasteiger partial charge in [0.2, 0.25) is 0 Å². The van der Waals surface area contributed by atoms with Gasteiger partial charge in [-0.15, -0.1) is 0 Å². The lowest BCUT2D eigenvalue weighted by molar-refractivity contribution is -0.0722. The highest BCUT2D eigenvalue weighted by molar-refractivity contribution is 6.30. The molecule has 41 heavy (non-hydrogen) atoms. The van der Waals surface area contributed by atoms with E-state index < -0.39 is 11.8 Å². The zero-order valence-corrected chi connectivity index (χ0v) is 24.3. The van der Waals surface area contributed by atoms with Crippen molar-refractivity contribution in [1.29, 1.82) is 0 Å². The number of aromatic carboxylic acids is 1. The Labute approximate surface area is 243 Å². The van der Waals surface area contributed by atoms with Gasteiger partial charge < -0.3 is 23.9 Å². The van der Waals surface area contributed by atoms with E-state index in [1.54, 1.807) is 24.4 Å². The molecule has 1 N–H and O–H groups in total. The summed E-state index contributed by atoms with van der Waals surface area (Å²) in [6.07, 6.45) is 3.43. The number of fused-ring (bicyclic) bond motifs is 2. The molecule has 0 unspecified atom stereocenters. The van der Waals surface area contributed by atoms with Gasteiger partial charge in [0.15, 0.2) is 11.5 Å².